The first-order valence-electron chi connectivity index (χ1n) is 9.05. The molecule has 0 unspecified atom stereocenters. The van der Waals surface area contributed by atoms with Crippen LogP contribution >= 0.6 is 11.3 Å². The van der Waals surface area contributed by atoms with E-state index in [-0.39, 0.29) is 6.04 Å². The summed E-state index contributed by atoms with van der Waals surface area (Å²) in [6, 6.07) is 2.04. The van der Waals surface area contributed by atoms with Gasteiger partial charge < -0.3 is 9.80 Å². The summed E-state index contributed by atoms with van der Waals surface area (Å²) >= 11 is 1.63. The van der Waals surface area contributed by atoms with Crippen LogP contribution in [0.3, 0.4) is 0 Å². The normalized spacial score (nSPS) is 29.6. The van der Waals surface area contributed by atoms with Crippen LogP contribution in [0, 0.1) is 11.8 Å². The Kier molecular flexibility index (Phi) is 3.47. The summed E-state index contributed by atoms with van der Waals surface area (Å²) in [5, 5.41) is 3.14. The third-order valence-electron chi connectivity index (χ3n) is 6.09. The number of hydrogen-bond donors (Lipinski definition) is 0. The van der Waals surface area contributed by atoms with E-state index < -0.39 is 0 Å². The highest BCUT2D eigenvalue weighted by molar-refractivity contribution is 7.16. The van der Waals surface area contributed by atoms with Crippen molar-refractivity contribution < 1.29 is 4.79 Å². The van der Waals surface area contributed by atoms with Crippen LogP contribution in [0.1, 0.15) is 32.1 Å². The average Bonchev–Trinajstić information content (AvgIpc) is 3.35. The maximum absolute atomic E-state index is 13.2. The molecule has 2 aromatic heterocycles. The Morgan fingerprint density at radius 3 is 2.79 bits per heavy atom. The van der Waals surface area contributed by atoms with Gasteiger partial charge in [0.1, 0.15) is 23.0 Å². The van der Waals surface area contributed by atoms with Crippen LogP contribution in [-0.2, 0) is 4.79 Å². The Labute approximate surface area is 145 Å². The molecule has 5 nitrogen and oxygen atoms in total. The Morgan fingerprint density at radius 1 is 1.12 bits per heavy atom. The number of nitrogens with zero attached hydrogens (tertiary/aromatic N) is 4. The first-order valence-corrected chi connectivity index (χ1v) is 9.93. The lowest BCUT2D eigenvalue weighted by Crippen LogP contribution is -2.45. The quantitative estimate of drug-likeness (QED) is 0.842. The van der Waals surface area contributed by atoms with E-state index in [4.69, 9.17) is 0 Å². The zero-order chi connectivity index (χ0) is 16.1. The minimum atomic E-state index is -0.0400. The molecule has 3 atom stereocenters. The predicted octanol–water partition coefficient (Wildman–Crippen LogP) is 2.92. The molecule has 0 radical (unpaired) electrons. The van der Waals surface area contributed by atoms with Gasteiger partial charge in [0.2, 0.25) is 5.91 Å². The molecular formula is C18H22N4OS. The monoisotopic (exact) mass is 342 g/mol. The summed E-state index contributed by atoms with van der Waals surface area (Å²) in [5.41, 5.74) is 0. The second-order valence-electron chi connectivity index (χ2n) is 7.38. The minimum Gasteiger partial charge on any atom is -0.344 e. The Morgan fingerprint density at radius 2 is 1.96 bits per heavy atom. The molecule has 5 rings (SSSR count). The molecule has 2 aromatic rings. The second-order valence-corrected chi connectivity index (χ2v) is 8.28. The number of rotatable bonds is 2. The van der Waals surface area contributed by atoms with E-state index in [1.54, 1.807) is 17.7 Å². The second kappa shape index (κ2) is 5.69. The standard InChI is InChI=1S/C18H22N4OS/c23-18(21-9-12-3-1-4-13(12)10-21)15-5-2-7-22(15)16-14-6-8-24-17(14)20-11-19-16/h6,8,11-13,15H,1-5,7,9-10H2/t12-,13+,15-/m0/s1. The van der Waals surface area contributed by atoms with Crippen molar-refractivity contribution in [1.82, 2.24) is 14.9 Å². The number of carbonyl (C=O) groups is 1. The minimum absolute atomic E-state index is 0.0400. The zero-order valence-electron chi connectivity index (χ0n) is 13.7. The van der Waals surface area contributed by atoms with Crippen LogP contribution in [0.25, 0.3) is 10.2 Å². The van der Waals surface area contributed by atoms with Crippen LogP contribution in [0.2, 0.25) is 0 Å². The molecule has 1 saturated carbocycles. The molecule has 24 heavy (non-hydrogen) atoms. The molecule has 6 heteroatoms. The van der Waals surface area contributed by atoms with E-state index >= 15 is 0 Å². The first-order chi connectivity index (χ1) is 11.8. The van der Waals surface area contributed by atoms with Gasteiger partial charge in [-0.15, -0.1) is 11.3 Å². The molecule has 3 fully saturated rings. The fourth-order valence-corrected chi connectivity index (χ4v) is 5.64. The van der Waals surface area contributed by atoms with Crippen LogP contribution in [0.4, 0.5) is 5.82 Å². The van der Waals surface area contributed by atoms with E-state index in [2.05, 4.69) is 31.2 Å². The summed E-state index contributed by atoms with van der Waals surface area (Å²) < 4.78 is 0. The third-order valence-corrected chi connectivity index (χ3v) is 6.91. The van der Waals surface area contributed by atoms with Gasteiger partial charge in [0.05, 0.1) is 5.39 Å². The zero-order valence-corrected chi connectivity index (χ0v) is 14.5. The number of anilines is 1. The molecule has 0 aromatic carbocycles. The van der Waals surface area contributed by atoms with E-state index in [1.807, 2.05) is 0 Å². The SMILES string of the molecule is O=C([C@@H]1CCCN1c1ncnc2sccc12)N1C[C@H]2CCC[C@H]2C1. The van der Waals surface area contributed by atoms with Crippen molar-refractivity contribution >= 4 is 33.3 Å². The van der Waals surface area contributed by atoms with Crippen molar-refractivity contribution in [1.29, 1.82) is 0 Å². The van der Waals surface area contributed by atoms with Gasteiger partial charge in [-0.2, -0.15) is 0 Å². The lowest BCUT2D eigenvalue weighted by atomic mass is 10.0. The highest BCUT2D eigenvalue weighted by atomic mass is 32.1. The molecule has 3 aliphatic rings. The topological polar surface area (TPSA) is 49.3 Å². The fraction of sp³-hybridized carbons (Fsp3) is 0.611. The van der Waals surface area contributed by atoms with Crippen molar-refractivity contribution in [3.05, 3.63) is 17.8 Å². The molecule has 4 heterocycles. The summed E-state index contributed by atoms with van der Waals surface area (Å²) in [7, 11) is 0. The van der Waals surface area contributed by atoms with E-state index in [0.29, 0.717) is 5.91 Å². The van der Waals surface area contributed by atoms with Crippen LogP contribution in [0.15, 0.2) is 17.8 Å². The van der Waals surface area contributed by atoms with E-state index in [1.165, 1.54) is 19.3 Å². The average molecular weight is 342 g/mol. The van der Waals surface area contributed by atoms with Crippen molar-refractivity contribution in [2.75, 3.05) is 24.5 Å². The number of amides is 1. The Balaban J connectivity index is 1.41. The van der Waals surface area contributed by atoms with Crippen molar-refractivity contribution in [3.63, 3.8) is 0 Å². The van der Waals surface area contributed by atoms with Crippen LogP contribution < -0.4 is 4.90 Å². The number of likely N-dealkylation sites (tertiary alicyclic amines) is 1. The van der Waals surface area contributed by atoms with Crippen LogP contribution in [0.5, 0.6) is 0 Å². The molecular weight excluding hydrogens is 320 g/mol. The maximum Gasteiger partial charge on any atom is 0.245 e. The summed E-state index contributed by atoms with van der Waals surface area (Å²) in [4.78, 5) is 27.4. The lowest BCUT2D eigenvalue weighted by molar-refractivity contribution is -0.131. The first kappa shape index (κ1) is 14.6. The Bertz CT molecular complexity index is 763. The van der Waals surface area contributed by atoms with Crippen LogP contribution in [-0.4, -0.2) is 46.5 Å². The smallest absolute Gasteiger partial charge is 0.245 e. The molecule has 2 saturated heterocycles. The molecule has 2 aliphatic heterocycles. The third kappa shape index (κ3) is 2.23. The Hall–Kier alpha value is -1.69. The van der Waals surface area contributed by atoms with Gasteiger partial charge in [-0.05, 0) is 49.0 Å². The van der Waals surface area contributed by atoms with Gasteiger partial charge in [0, 0.05) is 19.6 Å². The highest BCUT2D eigenvalue weighted by Gasteiger charge is 2.42. The number of fused-ring (bicyclic) bond motifs is 2. The van der Waals surface area contributed by atoms with Crippen molar-refractivity contribution in [2.45, 2.75) is 38.1 Å². The van der Waals surface area contributed by atoms with Gasteiger partial charge in [0.25, 0.3) is 0 Å². The molecule has 0 spiro atoms. The van der Waals surface area contributed by atoms with Gasteiger partial charge in [-0.1, -0.05) is 6.42 Å². The summed E-state index contributed by atoms with van der Waals surface area (Å²) in [6.07, 6.45) is 7.61. The summed E-state index contributed by atoms with van der Waals surface area (Å²) in [5.74, 6) is 2.78. The molecule has 126 valence electrons. The summed E-state index contributed by atoms with van der Waals surface area (Å²) in [6.45, 7) is 2.87. The number of carbonyl (C=O) groups excluding carboxylic acids is 1. The largest absolute Gasteiger partial charge is 0.344 e. The van der Waals surface area contributed by atoms with E-state index in [9.17, 15) is 4.79 Å². The number of aromatic nitrogens is 2. The highest BCUT2D eigenvalue weighted by Crippen LogP contribution is 2.39. The fourth-order valence-electron chi connectivity index (χ4n) is 4.91. The van der Waals surface area contributed by atoms with Gasteiger partial charge in [-0.3, -0.25) is 4.79 Å². The maximum atomic E-state index is 13.2. The van der Waals surface area contributed by atoms with E-state index in [0.717, 1.165) is 60.3 Å². The molecule has 1 aliphatic carbocycles. The molecule has 1 amide bonds. The lowest BCUT2D eigenvalue weighted by Gasteiger charge is -2.29. The molecule has 0 bridgehead atoms. The van der Waals surface area contributed by atoms with Gasteiger partial charge in [-0.25, -0.2) is 9.97 Å². The van der Waals surface area contributed by atoms with Gasteiger partial charge in [0.15, 0.2) is 0 Å². The number of hydrogen-bond acceptors (Lipinski definition) is 5. The number of thiophene rings is 1. The van der Waals surface area contributed by atoms with Crippen molar-refractivity contribution in [3.8, 4) is 0 Å². The molecule has 0 N–H and O–H groups in total. The van der Waals surface area contributed by atoms with Crippen molar-refractivity contribution in [2.24, 2.45) is 11.8 Å². The van der Waals surface area contributed by atoms with Gasteiger partial charge >= 0.3 is 0 Å². The predicted molar refractivity (Wildman–Crippen MR) is 95.2 cm³/mol.